The van der Waals surface area contributed by atoms with E-state index in [1.807, 2.05) is 59.0 Å². The fourth-order valence-electron chi connectivity index (χ4n) is 3.95. The number of aromatic nitrogens is 2. The van der Waals surface area contributed by atoms with Gasteiger partial charge in [-0.3, -0.25) is 4.79 Å². The number of carbonyl (C=O) groups excluding carboxylic acids is 1. The van der Waals surface area contributed by atoms with Crippen molar-refractivity contribution in [2.24, 2.45) is 0 Å². The van der Waals surface area contributed by atoms with E-state index in [4.69, 9.17) is 11.6 Å². The van der Waals surface area contributed by atoms with E-state index in [-0.39, 0.29) is 18.1 Å². The maximum atomic E-state index is 13.2. The minimum atomic E-state index is -0.299. The zero-order valence-corrected chi connectivity index (χ0v) is 16.4. The van der Waals surface area contributed by atoms with Crippen molar-refractivity contribution in [1.82, 2.24) is 14.7 Å². The van der Waals surface area contributed by atoms with Gasteiger partial charge in [0.15, 0.2) is 0 Å². The van der Waals surface area contributed by atoms with Gasteiger partial charge in [0, 0.05) is 11.7 Å². The lowest BCUT2D eigenvalue weighted by atomic mass is 10.0. The number of para-hydroxylation sites is 1. The van der Waals surface area contributed by atoms with Crippen LogP contribution in [0.15, 0.2) is 54.6 Å². The van der Waals surface area contributed by atoms with Crippen molar-refractivity contribution in [3.63, 3.8) is 0 Å². The molecule has 1 aromatic heterocycles. The predicted octanol–water partition coefficient (Wildman–Crippen LogP) is 4.62. The lowest BCUT2D eigenvalue weighted by molar-refractivity contribution is 0.0666. The summed E-state index contributed by atoms with van der Waals surface area (Å²) in [5.74, 6) is 0.0631. The number of anilines is 1. The first-order chi connectivity index (χ1) is 13.6. The standard InChI is InChI=1S/C22H21ClN4O/c1-14-19(20(23)26(25-14)13-15-7-3-2-4-8-15)21-24-18-10-6-5-9-17(18)22(28)27(21)16-11-12-16/h2-10,16,21,24H,11-13H2,1H3. The van der Waals surface area contributed by atoms with Gasteiger partial charge in [-0.15, -0.1) is 0 Å². The van der Waals surface area contributed by atoms with E-state index >= 15 is 0 Å². The molecule has 1 atom stereocenters. The summed E-state index contributed by atoms with van der Waals surface area (Å²) >= 11 is 6.80. The minimum absolute atomic E-state index is 0.0631. The average molecular weight is 393 g/mol. The molecule has 3 aromatic rings. The lowest BCUT2D eigenvalue weighted by Crippen LogP contribution is -2.44. The van der Waals surface area contributed by atoms with E-state index in [0.717, 1.165) is 40.9 Å². The zero-order valence-electron chi connectivity index (χ0n) is 15.6. The summed E-state index contributed by atoms with van der Waals surface area (Å²) in [4.78, 5) is 15.2. The molecule has 6 heteroatoms. The van der Waals surface area contributed by atoms with Crippen LogP contribution in [0.25, 0.3) is 0 Å². The van der Waals surface area contributed by atoms with Crippen LogP contribution in [0.3, 0.4) is 0 Å². The van der Waals surface area contributed by atoms with Crippen molar-refractivity contribution >= 4 is 23.2 Å². The number of aryl methyl sites for hydroxylation is 1. The van der Waals surface area contributed by atoms with Gasteiger partial charge in [-0.1, -0.05) is 54.1 Å². The summed E-state index contributed by atoms with van der Waals surface area (Å²) in [5.41, 5.74) is 4.43. The van der Waals surface area contributed by atoms with Gasteiger partial charge < -0.3 is 10.2 Å². The second-order valence-electron chi connectivity index (χ2n) is 7.47. The summed E-state index contributed by atoms with van der Waals surface area (Å²) in [6, 6.07) is 18.0. The topological polar surface area (TPSA) is 50.2 Å². The second kappa shape index (κ2) is 6.67. The van der Waals surface area contributed by atoms with Crippen LogP contribution >= 0.6 is 11.6 Å². The molecular formula is C22H21ClN4O. The van der Waals surface area contributed by atoms with Gasteiger partial charge in [-0.2, -0.15) is 5.10 Å². The molecule has 1 unspecified atom stereocenters. The molecule has 1 N–H and O–H groups in total. The number of amides is 1. The van der Waals surface area contributed by atoms with Crippen LogP contribution in [0, 0.1) is 6.92 Å². The Hall–Kier alpha value is -2.79. The quantitative estimate of drug-likeness (QED) is 0.704. The van der Waals surface area contributed by atoms with E-state index in [1.54, 1.807) is 0 Å². The number of carbonyl (C=O) groups is 1. The van der Waals surface area contributed by atoms with Gasteiger partial charge in [-0.05, 0) is 37.5 Å². The highest BCUT2D eigenvalue weighted by molar-refractivity contribution is 6.30. The van der Waals surface area contributed by atoms with Gasteiger partial charge in [0.2, 0.25) is 0 Å². The SMILES string of the molecule is Cc1nn(Cc2ccccc2)c(Cl)c1C1Nc2ccccc2C(=O)N1C1CC1. The maximum Gasteiger partial charge on any atom is 0.258 e. The third-order valence-corrected chi connectivity index (χ3v) is 5.86. The van der Waals surface area contributed by atoms with Crippen LogP contribution in [0.1, 0.15) is 46.2 Å². The number of hydrogen-bond acceptors (Lipinski definition) is 3. The molecule has 1 fully saturated rings. The molecule has 28 heavy (non-hydrogen) atoms. The Bertz CT molecular complexity index is 1040. The highest BCUT2D eigenvalue weighted by Gasteiger charge is 2.43. The molecule has 5 rings (SSSR count). The highest BCUT2D eigenvalue weighted by atomic mass is 35.5. The molecule has 0 bridgehead atoms. The summed E-state index contributed by atoms with van der Waals surface area (Å²) in [6.45, 7) is 2.56. The molecular weight excluding hydrogens is 372 g/mol. The van der Waals surface area contributed by atoms with Gasteiger partial charge in [0.05, 0.1) is 23.4 Å². The summed E-state index contributed by atoms with van der Waals surface area (Å²) in [7, 11) is 0. The minimum Gasteiger partial charge on any atom is -0.361 e. The fraction of sp³-hybridized carbons (Fsp3) is 0.273. The van der Waals surface area contributed by atoms with E-state index < -0.39 is 0 Å². The number of nitrogens with one attached hydrogen (secondary N) is 1. The first-order valence-corrected chi connectivity index (χ1v) is 9.96. The molecule has 5 nitrogen and oxygen atoms in total. The Morgan fingerprint density at radius 1 is 1.11 bits per heavy atom. The van der Waals surface area contributed by atoms with E-state index in [9.17, 15) is 4.79 Å². The summed E-state index contributed by atoms with van der Waals surface area (Å²) in [5, 5.41) is 8.80. The molecule has 2 aromatic carbocycles. The Labute approximate surface area is 168 Å². The highest BCUT2D eigenvalue weighted by Crippen LogP contribution is 2.43. The number of fused-ring (bicyclic) bond motifs is 1. The Kier molecular flexibility index (Phi) is 4.13. The average Bonchev–Trinajstić information content (AvgIpc) is 3.49. The number of halogens is 1. The van der Waals surface area contributed by atoms with Crippen molar-refractivity contribution in [1.29, 1.82) is 0 Å². The van der Waals surface area contributed by atoms with Crippen LogP contribution in [-0.4, -0.2) is 26.6 Å². The maximum absolute atomic E-state index is 13.2. The van der Waals surface area contributed by atoms with Crippen molar-refractivity contribution in [3.05, 3.63) is 82.1 Å². The van der Waals surface area contributed by atoms with Crippen LogP contribution in [0.4, 0.5) is 5.69 Å². The van der Waals surface area contributed by atoms with Crippen molar-refractivity contribution in [3.8, 4) is 0 Å². The molecule has 1 amide bonds. The van der Waals surface area contributed by atoms with Crippen LogP contribution in [0.2, 0.25) is 5.15 Å². The van der Waals surface area contributed by atoms with Crippen molar-refractivity contribution in [2.75, 3.05) is 5.32 Å². The third kappa shape index (κ3) is 2.87. The van der Waals surface area contributed by atoms with E-state index in [0.29, 0.717) is 11.7 Å². The number of nitrogens with zero attached hydrogens (tertiary/aromatic N) is 3. The van der Waals surface area contributed by atoms with Crippen molar-refractivity contribution in [2.45, 2.75) is 38.5 Å². The molecule has 142 valence electrons. The molecule has 1 aliphatic heterocycles. The van der Waals surface area contributed by atoms with Gasteiger partial charge >= 0.3 is 0 Å². The Morgan fingerprint density at radius 3 is 2.57 bits per heavy atom. The molecule has 1 saturated carbocycles. The monoisotopic (exact) mass is 392 g/mol. The smallest absolute Gasteiger partial charge is 0.258 e. The molecule has 1 aliphatic carbocycles. The third-order valence-electron chi connectivity index (χ3n) is 5.46. The molecule has 0 saturated heterocycles. The van der Waals surface area contributed by atoms with Crippen LogP contribution in [0.5, 0.6) is 0 Å². The van der Waals surface area contributed by atoms with Crippen molar-refractivity contribution < 1.29 is 4.79 Å². The number of hydrogen-bond donors (Lipinski definition) is 1. The van der Waals surface area contributed by atoms with Crippen LogP contribution < -0.4 is 5.32 Å². The zero-order chi connectivity index (χ0) is 19.3. The van der Waals surface area contributed by atoms with E-state index in [1.165, 1.54) is 0 Å². The first-order valence-electron chi connectivity index (χ1n) is 9.58. The van der Waals surface area contributed by atoms with Gasteiger partial charge in [0.1, 0.15) is 11.3 Å². The fourth-order valence-corrected chi connectivity index (χ4v) is 4.29. The summed E-state index contributed by atoms with van der Waals surface area (Å²) < 4.78 is 1.82. The molecule has 2 heterocycles. The lowest BCUT2D eigenvalue weighted by Gasteiger charge is -2.38. The molecule has 0 radical (unpaired) electrons. The van der Waals surface area contributed by atoms with E-state index in [2.05, 4.69) is 22.5 Å². The van der Waals surface area contributed by atoms with Gasteiger partial charge in [-0.25, -0.2) is 4.68 Å². The Balaban J connectivity index is 1.55. The molecule has 0 spiro atoms. The number of benzene rings is 2. The largest absolute Gasteiger partial charge is 0.361 e. The Morgan fingerprint density at radius 2 is 1.82 bits per heavy atom. The normalized spacial score (nSPS) is 18.7. The predicted molar refractivity (Wildman–Crippen MR) is 110 cm³/mol. The summed E-state index contributed by atoms with van der Waals surface area (Å²) in [6.07, 6.45) is 1.76. The van der Waals surface area contributed by atoms with Crippen LogP contribution in [-0.2, 0) is 6.54 Å². The number of rotatable bonds is 4. The first kappa shape index (κ1) is 17.3. The second-order valence-corrected chi connectivity index (χ2v) is 7.83. The molecule has 2 aliphatic rings. The van der Waals surface area contributed by atoms with Gasteiger partial charge in [0.25, 0.3) is 5.91 Å².